The fraction of sp³-hybridized carbons (Fsp3) is 0.182. The van der Waals surface area contributed by atoms with Crippen LogP contribution in [0.3, 0.4) is 0 Å². The first-order valence-corrected chi connectivity index (χ1v) is 9.19. The quantitative estimate of drug-likeness (QED) is 0.592. The molecule has 1 aliphatic heterocycles. The first-order chi connectivity index (χ1) is 13.2. The number of anilines is 1. The van der Waals surface area contributed by atoms with Crippen molar-refractivity contribution in [3.05, 3.63) is 95.6 Å². The maximum atomic E-state index is 9.54. The number of hydrogen-bond acceptors (Lipinski definition) is 4. The van der Waals surface area contributed by atoms with Crippen molar-refractivity contribution >= 4 is 18.3 Å². The lowest BCUT2D eigenvalue weighted by molar-refractivity contribution is -0.130. The van der Waals surface area contributed by atoms with Gasteiger partial charge in [-0.3, -0.25) is 0 Å². The first-order valence-electron chi connectivity index (χ1n) is 9.19. The Kier molecular flexibility index (Phi) is 5.25. The second-order valence-corrected chi connectivity index (χ2v) is 6.77. The van der Waals surface area contributed by atoms with Crippen molar-refractivity contribution in [1.82, 2.24) is 0 Å². The van der Waals surface area contributed by atoms with Gasteiger partial charge in [0.05, 0.1) is 12.2 Å². The molecular weight excluding hydrogens is 337 g/mol. The molecule has 3 aromatic rings. The minimum absolute atomic E-state index is 0.0672. The van der Waals surface area contributed by atoms with Gasteiger partial charge in [-0.15, -0.1) is 0 Å². The van der Waals surface area contributed by atoms with E-state index in [1.54, 1.807) is 12.1 Å². The summed E-state index contributed by atoms with van der Waals surface area (Å²) in [5.41, 5.74) is 4.73. The summed E-state index contributed by atoms with van der Waals surface area (Å²) in [7, 11) is -1.47. The maximum Gasteiger partial charge on any atom is 0.488 e. The number of benzene rings is 3. The third-order valence-corrected chi connectivity index (χ3v) is 5.04. The third kappa shape index (κ3) is 3.90. The van der Waals surface area contributed by atoms with Crippen LogP contribution in [0.2, 0.25) is 0 Å². The Morgan fingerprint density at radius 3 is 2.30 bits per heavy atom. The van der Waals surface area contributed by atoms with Crippen molar-refractivity contribution < 1.29 is 14.8 Å². The normalized spacial score (nSPS) is 18.6. The maximum absolute atomic E-state index is 9.54. The minimum atomic E-state index is -1.47. The molecule has 0 aliphatic carbocycles. The zero-order chi connectivity index (χ0) is 18.6. The van der Waals surface area contributed by atoms with E-state index in [9.17, 15) is 10.0 Å². The Morgan fingerprint density at radius 2 is 1.52 bits per heavy atom. The highest BCUT2D eigenvalue weighted by Crippen LogP contribution is 2.46. The highest BCUT2D eigenvalue weighted by molar-refractivity contribution is 6.59. The van der Waals surface area contributed by atoms with E-state index in [-0.39, 0.29) is 12.2 Å². The summed E-state index contributed by atoms with van der Waals surface area (Å²) in [4.78, 5) is 0. The second kappa shape index (κ2) is 7.97. The van der Waals surface area contributed by atoms with E-state index in [0.717, 1.165) is 23.2 Å². The van der Waals surface area contributed by atoms with Crippen LogP contribution >= 0.6 is 0 Å². The molecule has 0 aromatic heterocycles. The van der Waals surface area contributed by atoms with E-state index in [0.29, 0.717) is 12.0 Å². The molecule has 4 rings (SSSR count). The summed E-state index contributed by atoms with van der Waals surface area (Å²) in [5, 5.41) is 22.5. The van der Waals surface area contributed by atoms with Gasteiger partial charge >= 0.3 is 7.12 Å². The Balaban J connectivity index is 1.45. The summed E-state index contributed by atoms with van der Waals surface area (Å²) < 4.78 is 6.15. The van der Waals surface area contributed by atoms with Crippen LogP contribution in [0.15, 0.2) is 78.9 Å². The second-order valence-electron chi connectivity index (χ2n) is 6.77. The average molecular weight is 359 g/mol. The summed E-state index contributed by atoms with van der Waals surface area (Å²) in [6.45, 7) is 0.514. The molecular formula is C22H22BNO3. The van der Waals surface area contributed by atoms with Crippen LogP contribution in [-0.2, 0) is 11.3 Å². The van der Waals surface area contributed by atoms with Gasteiger partial charge in [0.1, 0.15) is 0 Å². The van der Waals surface area contributed by atoms with Crippen LogP contribution in [0.4, 0.5) is 5.69 Å². The lowest BCUT2D eigenvalue weighted by Crippen LogP contribution is -2.33. The molecule has 2 unspecified atom stereocenters. The molecule has 0 spiro atoms. The number of nitrogens with one attached hydrogen (secondary N) is 1. The largest absolute Gasteiger partial charge is 0.488 e. The number of ether oxygens (including phenoxy) is 1. The van der Waals surface area contributed by atoms with Crippen LogP contribution < -0.4 is 10.8 Å². The van der Waals surface area contributed by atoms with Gasteiger partial charge in [-0.25, -0.2) is 0 Å². The monoisotopic (exact) mass is 359 g/mol. The number of hydrogen-bond donors (Lipinski definition) is 3. The molecule has 0 saturated carbocycles. The Hall–Kier alpha value is -2.60. The van der Waals surface area contributed by atoms with Crippen LogP contribution in [-0.4, -0.2) is 17.2 Å². The van der Waals surface area contributed by atoms with Gasteiger partial charge in [0.2, 0.25) is 0 Å². The highest BCUT2D eigenvalue weighted by atomic mass is 16.5. The van der Waals surface area contributed by atoms with E-state index in [1.165, 1.54) is 5.56 Å². The average Bonchev–Trinajstić information content (AvgIpc) is 2.67. The van der Waals surface area contributed by atoms with Crippen LogP contribution in [0.25, 0.3) is 0 Å². The molecule has 0 amide bonds. The molecule has 3 N–H and O–H groups in total. The van der Waals surface area contributed by atoms with Crippen molar-refractivity contribution in [2.45, 2.75) is 25.2 Å². The SMILES string of the molecule is OB(O)c1ccccc1CNc1ccccc1C1CC(c2ccccc2)O1. The molecule has 2 atom stereocenters. The van der Waals surface area contributed by atoms with E-state index in [2.05, 4.69) is 23.5 Å². The molecule has 3 aromatic carbocycles. The summed E-state index contributed by atoms with van der Waals surface area (Å²) in [6.07, 6.45) is 1.17. The Bertz CT molecular complexity index is 895. The first kappa shape index (κ1) is 17.8. The van der Waals surface area contributed by atoms with Gasteiger partial charge in [0.15, 0.2) is 0 Å². The van der Waals surface area contributed by atoms with Crippen molar-refractivity contribution in [3.8, 4) is 0 Å². The lowest BCUT2D eigenvalue weighted by atomic mass is 9.77. The van der Waals surface area contributed by atoms with Gasteiger partial charge in [-0.05, 0) is 22.7 Å². The Morgan fingerprint density at radius 1 is 0.852 bits per heavy atom. The number of rotatable bonds is 6. The van der Waals surface area contributed by atoms with Gasteiger partial charge in [-0.1, -0.05) is 72.8 Å². The zero-order valence-electron chi connectivity index (χ0n) is 15.0. The predicted octanol–water partition coefficient (Wildman–Crippen LogP) is 3.18. The van der Waals surface area contributed by atoms with Crippen LogP contribution in [0.5, 0.6) is 0 Å². The Labute approximate surface area is 159 Å². The fourth-order valence-corrected chi connectivity index (χ4v) is 3.54. The van der Waals surface area contributed by atoms with Crippen molar-refractivity contribution in [3.63, 3.8) is 0 Å². The molecule has 1 fully saturated rings. The van der Waals surface area contributed by atoms with E-state index in [1.807, 2.05) is 48.5 Å². The van der Waals surface area contributed by atoms with E-state index in [4.69, 9.17) is 4.74 Å². The number of para-hydroxylation sites is 1. The molecule has 27 heavy (non-hydrogen) atoms. The molecule has 0 bridgehead atoms. The molecule has 0 radical (unpaired) electrons. The van der Waals surface area contributed by atoms with E-state index >= 15 is 0 Å². The highest BCUT2D eigenvalue weighted by Gasteiger charge is 2.33. The van der Waals surface area contributed by atoms with Crippen LogP contribution in [0, 0.1) is 0 Å². The van der Waals surface area contributed by atoms with Gasteiger partial charge in [-0.2, -0.15) is 0 Å². The lowest BCUT2D eigenvalue weighted by Gasteiger charge is -2.37. The summed E-state index contributed by atoms with van der Waals surface area (Å²) >= 11 is 0. The van der Waals surface area contributed by atoms with Gasteiger partial charge < -0.3 is 20.1 Å². The third-order valence-electron chi connectivity index (χ3n) is 5.04. The smallest absolute Gasteiger partial charge is 0.423 e. The van der Waals surface area contributed by atoms with Gasteiger partial charge in [0.25, 0.3) is 0 Å². The standard InChI is InChI=1S/C22H22BNO3/c25-23(26)19-12-6-4-10-17(19)15-24-20-13-7-5-11-18(20)22-14-21(27-22)16-8-2-1-3-9-16/h1-13,21-22,24-26H,14-15H2. The fourth-order valence-electron chi connectivity index (χ4n) is 3.54. The van der Waals surface area contributed by atoms with Crippen molar-refractivity contribution in [2.24, 2.45) is 0 Å². The van der Waals surface area contributed by atoms with Crippen molar-refractivity contribution in [1.29, 1.82) is 0 Å². The van der Waals surface area contributed by atoms with Crippen LogP contribution in [0.1, 0.15) is 35.3 Å². The molecule has 1 heterocycles. The molecule has 136 valence electrons. The molecule has 4 nitrogen and oxygen atoms in total. The zero-order valence-corrected chi connectivity index (χ0v) is 15.0. The molecule has 5 heteroatoms. The van der Waals surface area contributed by atoms with E-state index < -0.39 is 7.12 Å². The predicted molar refractivity (Wildman–Crippen MR) is 108 cm³/mol. The minimum Gasteiger partial charge on any atom is -0.423 e. The molecule has 1 saturated heterocycles. The van der Waals surface area contributed by atoms with Gasteiger partial charge in [0, 0.05) is 24.2 Å². The summed E-state index contributed by atoms with van der Waals surface area (Å²) in [5.74, 6) is 0. The van der Waals surface area contributed by atoms with Crippen molar-refractivity contribution in [2.75, 3.05) is 5.32 Å². The molecule has 1 aliphatic rings. The topological polar surface area (TPSA) is 61.7 Å². The summed E-state index contributed by atoms with van der Waals surface area (Å²) in [6, 6.07) is 25.7.